The third-order valence-corrected chi connectivity index (χ3v) is 3.44. The minimum atomic E-state index is -3.14. The highest BCUT2D eigenvalue weighted by Crippen LogP contribution is 1.88. The predicted octanol–water partition coefficient (Wildman–Crippen LogP) is 0.721. The van der Waals surface area contributed by atoms with Crippen molar-refractivity contribution in [2.24, 2.45) is 0 Å². The van der Waals surface area contributed by atoms with Crippen molar-refractivity contribution in [3.05, 3.63) is 0 Å². The lowest BCUT2D eigenvalue weighted by molar-refractivity contribution is 0.133. The Bertz CT molecular complexity index is 266. The maximum Gasteiger partial charge on any atom is 0.212 e. The standard InChI is InChI=1S/C11H26N2O3S/c1-4-8-16-9-5-6-13-17(14,15)10-7-12-11(2)3/h11-13H,4-10H2,1-3H3. The molecule has 0 bridgehead atoms. The van der Waals surface area contributed by atoms with Gasteiger partial charge in [0.2, 0.25) is 10.0 Å². The molecule has 0 aliphatic rings. The molecule has 0 spiro atoms. The fraction of sp³-hybridized carbons (Fsp3) is 1.00. The summed E-state index contributed by atoms with van der Waals surface area (Å²) in [4.78, 5) is 0. The van der Waals surface area contributed by atoms with E-state index in [2.05, 4.69) is 10.0 Å². The lowest BCUT2D eigenvalue weighted by Gasteiger charge is -2.09. The maximum atomic E-state index is 11.5. The maximum absolute atomic E-state index is 11.5. The Labute approximate surface area is 105 Å². The average molecular weight is 266 g/mol. The molecule has 0 aliphatic heterocycles. The monoisotopic (exact) mass is 266 g/mol. The van der Waals surface area contributed by atoms with Gasteiger partial charge in [0.25, 0.3) is 0 Å². The van der Waals surface area contributed by atoms with Gasteiger partial charge in [0.1, 0.15) is 0 Å². The zero-order valence-corrected chi connectivity index (χ0v) is 12.0. The summed E-state index contributed by atoms with van der Waals surface area (Å²) in [5, 5.41) is 3.08. The van der Waals surface area contributed by atoms with Gasteiger partial charge in [0.05, 0.1) is 5.75 Å². The average Bonchev–Trinajstić information content (AvgIpc) is 2.22. The highest BCUT2D eigenvalue weighted by atomic mass is 32.2. The molecule has 0 aromatic heterocycles. The quantitative estimate of drug-likeness (QED) is 0.541. The largest absolute Gasteiger partial charge is 0.381 e. The Balaban J connectivity index is 3.51. The van der Waals surface area contributed by atoms with Crippen LogP contribution in [0, 0.1) is 0 Å². The van der Waals surface area contributed by atoms with Crippen molar-refractivity contribution in [3.63, 3.8) is 0 Å². The van der Waals surface area contributed by atoms with Gasteiger partial charge in [-0.05, 0) is 12.8 Å². The first-order chi connectivity index (χ1) is 7.98. The summed E-state index contributed by atoms with van der Waals surface area (Å²) in [6.45, 7) is 8.32. The number of sulfonamides is 1. The fourth-order valence-electron chi connectivity index (χ4n) is 1.20. The van der Waals surface area contributed by atoms with Crippen LogP contribution in [-0.4, -0.2) is 46.5 Å². The van der Waals surface area contributed by atoms with E-state index in [1.165, 1.54) is 0 Å². The van der Waals surface area contributed by atoms with Crippen molar-refractivity contribution in [3.8, 4) is 0 Å². The van der Waals surface area contributed by atoms with Crippen molar-refractivity contribution < 1.29 is 13.2 Å². The summed E-state index contributed by atoms with van der Waals surface area (Å²) < 4.78 is 30.8. The molecule has 17 heavy (non-hydrogen) atoms. The molecule has 5 nitrogen and oxygen atoms in total. The molecular weight excluding hydrogens is 240 g/mol. The molecule has 0 aromatic rings. The third kappa shape index (κ3) is 12.1. The van der Waals surface area contributed by atoms with Gasteiger partial charge < -0.3 is 10.1 Å². The highest BCUT2D eigenvalue weighted by Gasteiger charge is 2.08. The smallest absolute Gasteiger partial charge is 0.212 e. The Morgan fingerprint density at radius 2 is 1.88 bits per heavy atom. The molecule has 104 valence electrons. The van der Waals surface area contributed by atoms with Gasteiger partial charge in [-0.3, -0.25) is 0 Å². The molecule has 6 heteroatoms. The second-order valence-electron chi connectivity index (χ2n) is 4.29. The zero-order valence-electron chi connectivity index (χ0n) is 11.2. The van der Waals surface area contributed by atoms with Crippen LogP contribution in [0.2, 0.25) is 0 Å². The SMILES string of the molecule is CCCOCCCNS(=O)(=O)CCNC(C)C. The van der Waals surface area contributed by atoms with Crippen LogP contribution in [0.5, 0.6) is 0 Å². The first kappa shape index (κ1) is 16.8. The van der Waals surface area contributed by atoms with Crippen molar-refractivity contribution in [1.29, 1.82) is 0 Å². The Kier molecular flexibility index (Phi) is 9.72. The van der Waals surface area contributed by atoms with Crippen LogP contribution < -0.4 is 10.0 Å². The molecule has 0 aliphatic carbocycles. The molecule has 0 saturated heterocycles. The van der Waals surface area contributed by atoms with Crippen LogP contribution >= 0.6 is 0 Å². The van der Waals surface area contributed by atoms with Crippen LogP contribution in [0.25, 0.3) is 0 Å². The number of hydrogen-bond donors (Lipinski definition) is 2. The molecule has 0 radical (unpaired) electrons. The third-order valence-electron chi connectivity index (χ3n) is 2.06. The summed E-state index contributed by atoms with van der Waals surface area (Å²) in [5.41, 5.74) is 0. The molecular formula is C11H26N2O3S. The molecule has 0 heterocycles. The van der Waals surface area contributed by atoms with E-state index >= 15 is 0 Å². The van der Waals surface area contributed by atoms with Gasteiger partial charge in [-0.25, -0.2) is 13.1 Å². The van der Waals surface area contributed by atoms with Crippen molar-refractivity contribution >= 4 is 10.0 Å². The normalized spacial score (nSPS) is 12.2. The van der Waals surface area contributed by atoms with Gasteiger partial charge in [-0.2, -0.15) is 0 Å². The van der Waals surface area contributed by atoms with E-state index in [0.717, 1.165) is 19.4 Å². The second kappa shape index (κ2) is 9.82. The van der Waals surface area contributed by atoms with Crippen molar-refractivity contribution in [2.45, 2.75) is 39.7 Å². The summed E-state index contributed by atoms with van der Waals surface area (Å²) in [7, 11) is -3.14. The topological polar surface area (TPSA) is 67.4 Å². The van der Waals surface area contributed by atoms with E-state index in [-0.39, 0.29) is 5.75 Å². The van der Waals surface area contributed by atoms with E-state index in [9.17, 15) is 8.42 Å². The second-order valence-corrected chi connectivity index (χ2v) is 6.21. The Morgan fingerprint density at radius 3 is 2.47 bits per heavy atom. The summed E-state index contributed by atoms with van der Waals surface area (Å²) >= 11 is 0. The minimum Gasteiger partial charge on any atom is -0.381 e. The van der Waals surface area contributed by atoms with Gasteiger partial charge >= 0.3 is 0 Å². The molecule has 0 fully saturated rings. The van der Waals surface area contributed by atoms with Gasteiger partial charge in [0.15, 0.2) is 0 Å². The van der Waals surface area contributed by atoms with Crippen LogP contribution in [0.1, 0.15) is 33.6 Å². The highest BCUT2D eigenvalue weighted by molar-refractivity contribution is 7.89. The zero-order chi connectivity index (χ0) is 13.1. The molecule has 2 N–H and O–H groups in total. The van der Waals surface area contributed by atoms with Crippen molar-refractivity contribution in [2.75, 3.05) is 32.1 Å². The minimum absolute atomic E-state index is 0.126. The number of ether oxygens (including phenoxy) is 1. The van der Waals surface area contributed by atoms with Gasteiger partial charge in [-0.15, -0.1) is 0 Å². The molecule has 0 aromatic carbocycles. The van der Waals surface area contributed by atoms with Crippen LogP contribution in [0.15, 0.2) is 0 Å². The molecule has 0 unspecified atom stereocenters. The summed E-state index contributed by atoms with van der Waals surface area (Å²) in [6.07, 6.45) is 1.71. The van der Waals surface area contributed by atoms with E-state index in [1.54, 1.807) is 0 Å². The van der Waals surface area contributed by atoms with Crippen molar-refractivity contribution in [1.82, 2.24) is 10.0 Å². The van der Waals surface area contributed by atoms with E-state index < -0.39 is 10.0 Å². The number of hydrogen-bond acceptors (Lipinski definition) is 4. The number of nitrogens with one attached hydrogen (secondary N) is 2. The Hall–Kier alpha value is -0.170. The first-order valence-corrected chi connectivity index (χ1v) is 7.91. The van der Waals surface area contributed by atoms with E-state index in [0.29, 0.717) is 25.7 Å². The van der Waals surface area contributed by atoms with Crippen LogP contribution in [-0.2, 0) is 14.8 Å². The molecule has 0 amide bonds. The number of rotatable bonds is 11. The summed E-state index contributed by atoms with van der Waals surface area (Å²) in [5.74, 6) is 0.126. The first-order valence-electron chi connectivity index (χ1n) is 6.26. The van der Waals surface area contributed by atoms with Gasteiger partial charge in [0, 0.05) is 32.3 Å². The lowest BCUT2D eigenvalue weighted by Crippen LogP contribution is -2.35. The van der Waals surface area contributed by atoms with E-state index in [4.69, 9.17) is 4.74 Å². The fourth-order valence-corrected chi connectivity index (χ4v) is 2.19. The van der Waals surface area contributed by atoms with Crippen LogP contribution in [0.3, 0.4) is 0 Å². The molecule has 0 rings (SSSR count). The molecule has 0 saturated carbocycles. The Morgan fingerprint density at radius 1 is 1.18 bits per heavy atom. The predicted molar refractivity (Wildman–Crippen MR) is 70.7 cm³/mol. The van der Waals surface area contributed by atoms with E-state index in [1.807, 2.05) is 20.8 Å². The summed E-state index contributed by atoms with van der Waals surface area (Å²) in [6, 6.07) is 0.313. The van der Waals surface area contributed by atoms with Crippen LogP contribution in [0.4, 0.5) is 0 Å². The van der Waals surface area contributed by atoms with Gasteiger partial charge in [-0.1, -0.05) is 20.8 Å². The lowest BCUT2D eigenvalue weighted by atomic mass is 10.4. The molecule has 0 atom stereocenters.